The molecule has 0 fully saturated rings. The molecule has 9 heteroatoms. The first-order valence-corrected chi connectivity index (χ1v) is 11.4. The van der Waals surface area contributed by atoms with E-state index in [1.54, 1.807) is 6.92 Å². The minimum absolute atomic E-state index is 0.0276. The van der Waals surface area contributed by atoms with E-state index in [4.69, 9.17) is 4.74 Å². The zero-order chi connectivity index (χ0) is 26.4. The van der Waals surface area contributed by atoms with Gasteiger partial charge in [-0.05, 0) is 65.7 Å². The first kappa shape index (κ1) is 27.9. The van der Waals surface area contributed by atoms with Gasteiger partial charge in [-0.15, -0.1) is 0 Å². The van der Waals surface area contributed by atoms with E-state index >= 15 is 0 Å². The van der Waals surface area contributed by atoms with Crippen molar-refractivity contribution in [1.82, 2.24) is 20.1 Å². The number of nitrogens with zero attached hydrogens (tertiary/aromatic N) is 3. The Kier molecular flexibility index (Phi) is 9.06. The highest BCUT2D eigenvalue weighted by molar-refractivity contribution is 5.94. The molecule has 0 aliphatic rings. The molecule has 0 radical (unpaired) electrons. The number of hydrogen-bond acceptors (Lipinski definition) is 4. The van der Waals surface area contributed by atoms with Crippen molar-refractivity contribution >= 4 is 5.91 Å². The van der Waals surface area contributed by atoms with E-state index in [2.05, 4.69) is 15.4 Å². The van der Waals surface area contributed by atoms with Crippen molar-refractivity contribution in [2.24, 2.45) is 0 Å². The Bertz CT molecular complexity index is 1140. The third-order valence-corrected chi connectivity index (χ3v) is 5.12. The van der Waals surface area contributed by atoms with E-state index in [1.165, 1.54) is 16.9 Å². The van der Waals surface area contributed by atoms with Crippen molar-refractivity contribution in [3.63, 3.8) is 0 Å². The fourth-order valence-corrected chi connectivity index (χ4v) is 3.11. The largest absolute Gasteiger partial charge is 0.421 e. The van der Waals surface area contributed by atoms with Crippen LogP contribution in [0.15, 0.2) is 53.8 Å². The standard InChI is InChI=1S/C26H33F3N4O2/c1-8-11-19(14-13-17(3)9-2)16-31-22(34)21-18(4)24(33(32-21)25(5,6)7)35-23-20(26(27,28)29)12-10-15-30-23/h9-15H,8,16H2,1-7H3,(H,31,34)/b14-13-,17-9-,19-11-. The van der Waals surface area contributed by atoms with E-state index in [0.29, 0.717) is 5.56 Å². The Hall–Kier alpha value is -3.36. The van der Waals surface area contributed by atoms with Gasteiger partial charge in [0.1, 0.15) is 5.56 Å². The number of carbonyl (C=O) groups excluding carboxylic acids is 1. The van der Waals surface area contributed by atoms with Crippen LogP contribution in [0.1, 0.15) is 69.6 Å². The van der Waals surface area contributed by atoms with Gasteiger partial charge in [-0.3, -0.25) is 4.79 Å². The molecule has 1 amide bonds. The lowest BCUT2D eigenvalue weighted by molar-refractivity contribution is -0.138. The molecule has 190 valence electrons. The first-order valence-electron chi connectivity index (χ1n) is 11.4. The molecule has 0 spiro atoms. The number of amides is 1. The summed E-state index contributed by atoms with van der Waals surface area (Å²) >= 11 is 0. The monoisotopic (exact) mass is 490 g/mol. The van der Waals surface area contributed by atoms with Gasteiger partial charge < -0.3 is 10.1 Å². The minimum Gasteiger partial charge on any atom is -0.420 e. The maximum atomic E-state index is 13.5. The van der Waals surface area contributed by atoms with E-state index < -0.39 is 29.1 Å². The Morgan fingerprint density at radius 2 is 1.91 bits per heavy atom. The number of ether oxygens (including phenoxy) is 1. The average Bonchev–Trinajstić information content (AvgIpc) is 3.11. The number of halogens is 3. The normalized spacial score (nSPS) is 13.4. The number of aromatic nitrogens is 3. The average molecular weight is 491 g/mol. The highest BCUT2D eigenvalue weighted by Crippen LogP contribution is 2.38. The Morgan fingerprint density at radius 3 is 2.49 bits per heavy atom. The summed E-state index contributed by atoms with van der Waals surface area (Å²) in [6.45, 7) is 13.2. The molecule has 6 nitrogen and oxygen atoms in total. The molecular formula is C26H33F3N4O2. The molecule has 35 heavy (non-hydrogen) atoms. The summed E-state index contributed by atoms with van der Waals surface area (Å²) < 4.78 is 47.5. The van der Waals surface area contributed by atoms with Crippen LogP contribution < -0.4 is 10.1 Å². The summed E-state index contributed by atoms with van der Waals surface area (Å²) in [6, 6.07) is 2.09. The molecule has 0 saturated heterocycles. The number of alkyl halides is 3. The maximum absolute atomic E-state index is 13.5. The van der Waals surface area contributed by atoms with Crippen LogP contribution in [-0.2, 0) is 11.7 Å². The van der Waals surface area contributed by atoms with Crippen molar-refractivity contribution in [1.29, 1.82) is 0 Å². The number of rotatable bonds is 8. The lowest BCUT2D eigenvalue weighted by Crippen LogP contribution is -2.28. The second-order valence-electron chi connectivity index (χ2n) is 9.05. The summed E-state index contributed by atoms with van der Waals surface area (Å²) in [7, 11) is 0. The van der Waals surface area contributed by atoms with Crippen molar-refractivity contribution in [2.75, 3.05) is 6.54 Å². The van der Waals surface area contributed by atoms with Gasteiger partial charge in [-0.25, -0.2) is 9.67 Å². The summed E-state index contributed by atoms with van der Waals surface area (Å²) in [4.78, 5) is 16.8. The summed E-state index contributed by atoms with van der Waals surface area (Å²) in [5, 5.41) is 7.26. The zero-order valence-corrected chi connectivity index (χ0v) is 21.2. The van der Waals surface area contributed by atoms with Gasteiger partial charge in [0.2, 0.25) is 11.8 Å². The number of pyridine rings is 1. The molecule has 0 unspecified atom stereocenters. The molecule has 0 aromatic carbocycles. The van der Waals surface area contributed by atoms with E-state index in [0.717, 1.165) is 23.6 Å². The van der Waals surface area contributed by atoms with Gasteiger partial charge in [0, 0.05) is 18.3 Å². The molecule has 2 rings (SSSR count). The molecule has 2 heterocycles. The fraction of sp³-hybridized carbons (Fsp3) is 0.423. The van der Waals surface area contributed by atoms with E-state index in [-0.39, 0.29) is 18.1 Å². The lowest BCUT2D eigenvalue weighted by atomic mass is 10.1. The van der Waals surface area contributed by atoms with Crippen LogP contribution in [0.4, 0.5) is 13.2 Å². The lowest BCUT2D eigenvalue weighted by Gasteiger charge is -2.22. The Balaban J connectivity index is 2.40. The topological polar surface area (TPSA) is 69.0 Å². The quantitative estimate of drug-likeness (QED) is 0.416. The molecule has 0 saturated carbocycles. The highest BCUT2D eigenvalue weighted by atomic mass is 19.4. The number of hydrogen-bond donors (Lipinski definition) is 1. The molecule has 2 aromatic rings. The van der Waals surface area contributed by atoms with E-state index in [9.17, 15) is 18.0 Å². The molecule has 0 aliphatic heterocycles. The Labute approximate surface area is 204 Å². The van der Waals surface area contributed by atoms with Gasteiger partial charge >= 0.3 is 6.18 Å². The van der Waals surface area contributed by atoms with Crippen LogP contribution in [0.2, 0.25) is 0 Å². The third kappa shape index (κ3) is 7.31. The summed E-state index contributed by atoms with van der Waals surface area (Å²) in [5.74, 6) is -1.02. The molecule has 0 bridgehead atoms. The highest BCUT2D eigenvalue weighted by Gasteiger charge is 2.36. The van der Waals surface area contributed by atoms with Crippen LogP contribution in [0, 0.1) is 6.92 Å². The minimum atomic E-state index is -4.65. The van der Waals surface area contributed by atoms with Crippen molar-refractivity contribution in [2.45, 2.75) is 66.6 Å². The summed E-state index contributed by atoms with van der Waals surface area (Å²) in [6.07, 6.45) is 5.26. The molecule has 2 aromatic heterocycles. The van der Waals surface area contributed by atoms with Crippen molar-refractivity contribution in [3.8, 4) is 11.8 Å². The number of nitrogens with one attached hydrogen (secondary N) is 1. The van der Waals surface area contributed by atoms with Crippen molar-refractivity contribution < 1.29 is 22.7 Å². The van der Waals surface area contributed by atoms with Gasteiger partial charge in [-0.2, -0.15) is 18.3 Å². The number of carbonyl (C=O) groups is 1. The van der Waals surface area contributed by atoms with Crippen LogP contribution in [0.25, 0.3) is 0 Å². The van der Waals surface area contributed by atoms with Crippen LogP contribution in [0.5, 0.6) is 11.8 Å². The number of allylic oxidation sites excluding steroid dienone is 4. The van der Waals surface area contributed by atoms with Crippen LogP contribution >= 0.6 is 0 Å². The van der Waals surface area contributed by atoms with Gasteiger partial charge in [-0.1, -0.05) is 36.8 Å². The molecular weight excluding hydrogens is 457 g/mol. The molecule has 0 aliphatic carbocycles. The third-order valence-electron chi connectivity index (χ3n) is 5.12. The van der Waals surface area contributed by atoms with Gasteiger partial charge in [0.15, 0.2) is 5.69 Å². The van der Waals surface area contributed by atoms with E-state index in [1.807, 2.05) is 65.8 Å². The fourth-order valence-electron chi connectivity index (χ4n) is 3.11. The van der Waals surface area contributed by atoms with Gasteiger partial charge in [0.05, 0.1) is 5.54 Å². The zero-order valence-electron chi connectivity index (χ0n) is 21.2. The maximum Gasteiger partial charge on any atom is 0.421 e. The second-order valence-corrected chi connectivity index (χ2v) is 9.05. The second kappa shape index (κ2) is 11.4. The SMILES string of the molecule is C\C=C(C)/C=C\C(=C\CC)CNC(=O)c1nn(C(C)(C)C)c(Oc2ncccc2C(F)(F)F)c1C. The smallest absolute Gasteiger partial charge is 0.420 e. The predicted octanol–water partition coefficient (Wildman–Crippen LogP) is 6.74. The predicted molar refractivity (Wildman–Crippen MR) is 131 cm³/mol. The van der Waals surface area contributed by atoms with Crippen molar-refractivity contribution in [3.05, 3.63) is 70.6 Å². The first-order chi connectivity index (χ1) is 16.3. The summed E-state index contributed by atoms with van der Waals surface area (Å²) in [5.41, 5.74) is 0.722. The molecule has 1 N–H and O–H groups in total. The van der Waals surface area contributed by atoms with Gasteiger partial charge in [0.25, 0.3) is 5.91 Å². The Morgan fingerprint density at radius 1 is 1.23 bits per heavy atom. The van der Waals surface area contributed by atoms with Crippen LogP contribution in [0.3, 0.4) is 0 Å². The molecule has 0 atom stereocenters. The van der Waals surface area contributed by atoms with Crippen LogP contribution in [-0.4, -0.2) is 27.2 Å².